The van der Waals surface area contributed by atoms with Gasteiger partial charge in [-0.25, -0.2) is 5.43 Å². The Kier molecular flexibility index (Phi) is 6.90. The molecule has 3 aliphatic rings. The van der Waals surface area contributed by atoms with E-state index in [9.17, 15) is 0 Å². The van der Waals surface area contributed by atoms with Crippen LogP contribution in [0.25, 0.3) is 38.6 Å². The molecular formula is C46H38N4O. The van der Waals surface area contributed by atoms with Crippen molar-refractivity contribution in [3.05, 3.63) is 192 Å². The van der Waals surface area contributed by atoms with Gasteiger partial charge in [0.15, 0.2) is 0 Å². The molecule has 4 atom stereocenters. The molecule has 0 bridgehead atoms. The third-order valence-corrected chi connectivity index (χ3v) is 11.0. The van der Waals surface area contributed by atoms with Crippen LogP contribution >= 0.6 is 0 Å². The van der Waals surface area contributed by atoms with Gasteiger partial charge in [0, 0.05) is 34.5 Å². The lowest BCUT2D eigenvalue weighted by atomic mass is 9.82. The summed E-state index contributed by atoms with van der Waals surface area (Å²) in [5, 5.41) is 6.23. The molecule has 2 aliphatic heterocycles. The van der Waals surface area contributed by atoms with Crippen molar-refractivity contribution in [3.63, 3.8) is 0 Å². The molecular weight excluding hydrogens is 625 g/mol. The van der Waals surface area contributed by atoms with Crippen LogP contribution in [0.1, 0.15) is 41.1 Å². The second-order valence-electron chi connectivity index (χ2n) is 14.1. The molecule has 0 amide bonds. The molecule has 10 rings (SSSR count). The van der Waals surface area contributed by atoms with Crippen LogP contribution in [-0.4, -0.2) is 10.2 Å². The third-order valence-electron chi connectivity index (χ3n) is 11.0. The monoisotopic (exact) mass is 662 g/mol. The van der Waals surface area contributed by atoms with Gasteiger partial charge >= 0.3 is 0 Å². The highest BCUT2D eigenvalue weighted by molar-refractivity contribution is 6.12. The van der Waals surface area contributed by atoms with E-state index < -0.39 is 11.3 Å². The first-order valence-corrected chi connectivity index (χ1v) is 17.8. The van der Waals surface area contributed by atoms with Gasteiger partial charge in [-0.15, -0.1) is 0 Å². The molecule has 3 heterocycles. The fraction of sp³-hybridized carbons (Fsp3) is 0.130. The molecule has 0 radical (unpaired) electrons. The number of fused-ring (bicyclic) bond motifs is 7. The molecule has 0 saturated carbocycles. The smallest absolute Gasteiger partial charge is 0.149 e. The van der Waals surface area contributed by atoms with Gasteiger partial charge in [0.05, 0.1) is 17.1 Å². The van der Waals surface area contributed by atoms with E-state index in [1.54, 1.807) is 0 Å². The molecule has 5 nitrogen and oxygen atoms in total. The number of allylic oxidation sites excluding steroid dienone is 2. The zero-order valence-corrected chi connectivity index (χ0v) is 28.4. The van der Waals surface area contributed by atoms with E-state index in [1.165, 1.54) is 38.6 Å². The summed E-state index contributed by atoms with van der Waals surface area (Å²) in [6.07, 6.45) is 8.73. The van der Waals surface area contributed by atoms with E-state index in [0.717, 1.165) is 28.0 Å². The van der Waals surface area contributed by atoms with Gasteiger partial charge in [-0.2, -0.15) is 0 Å². The van der Waals surface area contributed by atoms with Crippen LogP contribution < -0.4 is 20.9 Å². The SMILES string of the molecule is CC12C=CC=CC1c1ccc3c4ccc(-c5ccccc5)cc4n(-c4cccc(C5(NNCc6ccccc6)N[C@H]5c5ccccc5)c4)c3c1O2. The summed E-state index contributed by atoms with van der Waals surface area (Å²) in [4.78, 5) is 0. The normalized spacial score (nSPS) is 22.9. The molecule has 1 fully saturated rings. The molecule has 3 unspecified atom stereocenters. The second kappa shape index (κ2) is 11.7. The number of benzene rings is 6. The van der Waals surface area contributed by atoms with E-state index >= 15 is 0 Å². The summed E-state index contributed by atoms with van der Waals surface area (Å²) in [6, 6.07) is 52.3. The molecule has 1 saturated heterocycles. The zero-order valence-electron chi connectivity index (χ0n) is 28.4. The van der Waals surface area contributed by atoms with Gasteiger partial charge in [0.1, 0.15) is 17.0 Å². The van der Waals surface area contributed by atoms with E-state index in [0.29, 0.717) is 6.54 Å². The molecule has 7 aromatic rings. The highest BCUT2D eigenvalue weighted by Gasteiger charge is 2.56. The average Bonchev–Trinajstić information content (AvgIpc) is 3.71. The quantitative estimate of drug-likeness (QED) is 0.112. The van der Waals surface area contributed by atoms with E-state index in [2.05, 4.69) is 198 Å². The molecule has 0 spiro atoms. The fourth-order valence-electron chi connectivity index (χ4n) is 8.34. The van der Waals surface area contributed by atoms with E-state index in [4.69, 9.17) is 4.74 Å². The Morgan fingerprint density at radius 2 is 1.49 bits per heavy atom. The van der Waals surface area contributed by atoms with Crippen molar-refractivity contribution in [2.24, 2.45) is 0 Å². The topological polar surface area (TPSA) is 60.2 Å². The number of ether oxygens (including phenoxy) is 1. The number of aromatic nitrogens is 1. The number of rotatable bonds is 8. The number of nitrogens with zero attached hydrogens (tertiary/aromatic N) is 1. The predicted octanol–water partition coefficient (Wildman–Crippen LogP) is 9.60. The Labute approximate surface area is 297 Å². The Bertz CT molecular complexity index is 2490. The minimum Gasteiger partial charge on any atom is -0.480 e. The summed E-state index contributed by atoms with van der Waals surface area (Å²) in [5.74, 6) is 1.12. The Balaban J connectivity index is 1.15. The van der Waals surface area contributed by atoms with Crippen LogP contribution in [-0.2, 0) is 12.2 Å². The van der Waals surface area contributed by atoms with Crippen molar-refractivity contribution in [1.29, 1.82) is 0 Å². The maximum absolute atomic E-state index is 7.00. The van der Waals surface area contributed by atoms with Gasteiger partial charge in [-0.1, -0.05) is 146 Å². The lowest BCUT2D eigenvalue weighted by Gasteiger charge is -2.27. The standard InChI is InChI=1S/C46H38N4O/c1-45-27-12-11-22-40(45)39-26-25-38-37-24-23-34(32-16-7-3-8-17-32)28-41(37)50(42(38)43(39)51-45)36-21-13-20-35(29-36)46(44(48-46)33-18-9-4-10-19-33)49-47-30-31-14-5-2-6-15-31/h2-29,40,44,47-49H,30H2,1H3/t40?,44-,45?,46?/m0/s1. The van der Waals surface area contributed by atoms with Crippen molar-refractivity contribution in [2.45, 2.75) is 36.7 Å². The third kappa shape index (κ3) is 4.89. The van der Waals surface area contributed by atoms with Crippen LogP contribution in [0.4, 0.5) is 0 Å². The van der Waals surface area contributed by atoms with Crippen molar-refractivity contribution in [1.82, 2.24) is 20.7 Å². The summed E-state index contributed by atoms with van der Waals surface area (Å²) >= 11 is 0. The predicted molar refractivity (Wildman–Crippen MR) is 207 cm³/mol. The van der Waals surface area contributed by atoms with Gasteiger partial charge < -0.3 is 9.30 Å². The zero-order chi connectivity index (χ0) is 34.0. The number of nitrogens with one attached hydrogen (secondary N) is 3. The average molecular weight is 663 g/mol. The summed E-state index contributed by atoms with van der Waals surface area (Å²) in [6.45, 7) is 2.90. The number of hydrogen-bond donors (Lipinski definition) is 3. The van der Waals surface area contributed by atoms with Crippen LogP contribution in [0.3, 0.4) is 0 Å². The minimum atomic E-state index is -0.503. The molecule has 1 aromatic heterocycles. The van der Waals surface area contributed by atoms with E-state index in [1.807, 2.05) is 0 Å². The summed E-state index contributed by atoms with van der Waals surface area (Å²) in [7, 11) is 0. The van der Waals surface area contributed by atoms with Crippen LogP contribution in [0, 0.1) is 0 Å². The van der Waals surface area contributed by atoms with Crippen molar-refractivity contribution >= 4 is 21.8 Å². The molecule has 51 heavy (non-hydrogen) atoms. The summed E-state index contributed by atoms with van der Waals surface area (Å²) < 4.78 is 9.43. The first kappa shape index (κ1) is 30.1. The van der Waals surface area contributed by atoms with Crippen molar-refractivity contribution in [2.75, 3.05) is 0 Å². The largest absolute Gasteiger partial charge is 0.480 e. The maximum Gasteiger partial charge on any atom is 0.149 e. The maximum atomic E-state index is 7.00. The van der Waals surface area contributed by atoms with Gasteiger partial charge in [-0.05, 0) is 59.0 Å². The van der Waals surface area contributed by atoms with Crippen molar-refractivity contribution < 1.29 is 4.74 Å². The molecule has 248 valence electrons. The Morgan fingerprint density at radius 1 is 0.725 bits per heavy atom. The Morgan fingerprint density at radius 3 is 2.31 bits per heavy atom. The van der Waals surface area contributed by atoms with Crippen LogP contribution in [0.5, 0.6) is 5.75 Å². The first-order chi connectivity index (χ1) is 25.1. The number of hydrogen-bond acceptors (Lipinski definition) is 4. The minimum absolute atomic E-state index is 0.0919. The summed E-state index contributed by atoms with van der Waals surface area (Å²) in [5.41, 5.74) is 16.9. The van der Waals surface area contributed by atoms with Gasteiger partial charge in [0.25, 0.3) is 0 Å². The highest BCUT2D eigenvalue weighted by atomic mass is 16.5. The lowest BCUT2D eigenvalue weighted by molar-refractivity contribution is 0.157. The van der Waals surface area contributed by atoms with E-state index in [-0.39, 0.29) is 12.0 Å². The van der Waals surface area contributed by atoms with Crippen molar-refractivity contribution in [3.8, 4) is 22.6 Å². The molecule has 6 aromatic carbocycles. The highest BCUT2D eigenvalue weighted by Crippen LogP contribution is 2.53. The second-order valence-corrected chi connectivity index (χ2v) is 14.1. The molecule has 1 aliphatic carbocycles. The Hall–Kier alpha value is -5.72. The molecule has 3 N–H and O–H groups in total. The fourth-order valence-corrected chi connectivity index (χ4v) is 8.34. The van der Waals surface area contributed by atoms with Crippen LogP contribution in [0.15, 0.2) is 170 Å². The lowest BCUT2D eigenvalue weighted by Crippen LogP contribution is -2.43. The van der Waals surface area contributed by atoms with Gasteiger partial charge in [0.2, 0.25) is 0 Å². The van der Waals surface area contributed by atoms with Crippen LogP contribution in [0.2, 0.25) is 0 Å². The first-order valence-electron chi connectivity index (χ1n) is 17.8. The molecule has 5 heteroatoms. The van der Waals surface area contributed by atoms with Gasteiger partial charge in [-0.3, -0.25) is 10.7 Å². The number of hydrazine groups is 1.